The Hall–Kier alpha value is -0.570. The highest BCUT2D eigenvalue weighted by atomic mass is 35.5. The largest absolute Gasteiger partial charge is 0.383 e. The second-order valence-corrected chi connectivity index (χ2v) is 6.93. The molecule has 10 heteroatoms. The van der Waals surface area contributed by atoms with Crippen molar-refractivity contribution in [1.29, 1.82) is 0 Å². The van der Waals surface area contributed by atoms with E-state index < -0.39 is 20.8 Å². The number of ether oxygens (including phenoxy) is 1. The van der Waals surface area contributed by atoms with Crippen LogP contribution in [0, 0.1) is 0 Å². The van der Waals surface area contributed by atoms with Gasteiger partial charge in [-0.05, 0) is 13.0 Å². The second kappa shape index (κ2) is 7.13. The number of nitrogens with two attached hydrogens (primary N) is 1. The summed E-state index contributed by atoms with van der Waals surface area (Å²) >= 11 is 17.7. The van der Waals surface area contributed by atoms with Crippen LogP contribution in [0.5, 0.6) is 0 Å². The first kappa shape index (κ1) is 18.5. The third kappa shape index (κ3) is 4.45. The number of methoxy groups -OCH3 is 1. The molecular weight excluding hydrogens is 363 g/mol. The number of hydrogen-bond donors (Lipinski definition) is 2. The van der Waals surface area contributed by atoms with Gasteiger partial charge in [-0.15, -0.1) is 0 Å². The van der Waals surface area contributed by atoms with Crippen molar-refractivity contribution in [1.82, 2.24) is 5.32 Å². The van der Waals surface area contributed by atoms with E-state index in [4.69, 9.17) is 44.7 Å². The zero-order valence-electron chi connectivity index (χ0n) is 11.1. The zero-order valence-corrected chi connectivity index (χ0v) is 14.2. The fourth-order valence-corrected chi connectivity index (χ4v) is 3.32. The van der Waals surface area contributed by atoms with E-state index >= 15 is 0 Å². The Bertz CT molecular complexity index is 664. The highest BCUT2D eigenvalue weighted by Crippen LogP contribution is 2.36. The summed E-state index contributed by atoms with van der Waals surface area (Å²) < 4.78 is 27.8. The van der Waals surface area contributed by atoms with Gasteiger partial charge in [0.15, 0.2) is 0 Å². The molecule has 1 atom stereocenters. The summed E-state index contributed by atoms with van der Waals surface area (Å²) in [5, 5.41) is 6.91. The molecule has 0 aromatic heterocycles. The lowest BCUT2D eigenvalue weighted by molar-refractivity contribution is 0.0905. The average molecular weight is 376 g/mol. The molecule has 1 aromatic rings. The Kier molecular flexibility index (Phi) is 6.27. The molecule has 0 spiro atoms. The summed E-state index contributed by atoms with van der Waals surface area (Å²) in [5.41, 5.74) is -0.252. The van der Waals surface area contributed by atoms with Gasteiger partial charge in [-0.25, -0.2) is 13.6 Å². The molecule has 1 rings (SSSR count). The first-order chi connectivity index (χ1) is 9.59. The van der Waals surface area contributed by atoms with E-state index in [-0.39, 0.29) is 33.3 Å². The third-order valence-electron chi connectivity index (χ3n) is 2.45. The summed E-state index contributed by atoms with van der Waals surface area (Å²) in [4.78, 5) is 11.7. The van der Waals surface area contributed by atoms with Crippen LogP contribution in [0.2, 0.25) is 15.1 Å². The number of hydrogen-bond acceptors (Lipinski definition) is 4. The van der Waals surface area contributed by atoms with E-state index in [1.165, 1.54) is 7.11 Å². The average Bonchev–Trinajstić information content (AvgIpc) is 2.32. The maximum absolute atomic E-state index is 12.2. The third-order valence-corrected chi connectivity index (χ3v) is 4.68. The van der Waals surface area contributed by atoms with Crippen molar-refractivity contribution in [3.8, 4) is 0 Å². The lowest BCUT2D eigenvalue weighted by Crippen LogP contribution is -2.36. The SMILES string of the molecule is COCC(C)NC(=O)c1c(Cl)c(Cl)cc(S(N)(=O)=O)c1Cl. The molecule has 0 aliphatic heterocycles. The number of amides is 1. The summed E-state index contributed by atoms with van der Waals surface area (Å²) in [5.74, 6) is -0.679. The van der Waals surface area contributed by atoms with E-state index in [0.717, 1.165) is 6.07 Å². The molecule has 0 saturated carbocycles. The van der Waals surface area contributed by atoms with Gasteiger partial charge < -0.3 is 10.1 Å². The number of rotatable bonds is 5. The Labute approximate surface area is 137 Å². The van der Waals surface area contributed by atoms with Crippen molar-refractivity contribution in [2.75, 3.05) is 13.7 Å². The topological polar surface area (TPSA) is 98.5 Å². The smallest absolute Gasteiger partial charge is 0.254 e. The Morgan fingerprint density at radius 3 is 2.43 bits per heavy atom. The molecule has 1 unspecified atom stereocenters. The van der Waals surface area contributed by atoms with Crippen molar-refractivity contribution in [2.45, 2.75) is 17.9 Å². The van der Waals surface area contributed by atoms with Crippen LogP contribution in [-0.4, -0.2) is 34.1 Å². The van der Waals surface area contributed by atoms with Crippen molar-refractivity contribution >= 4 is 50.7 Å². The van der Waals surface area contributed by atoms with Gasteiger partial charge in [0.2, 0.25) is 10.0 Å². The molecule has 0 saturated heterocycles. The molecule has 118 valence electrons. The minimum Gasteiger partial charge on any atom is -0.383 e. The quantitative estimate of drug-likeness (QED) is 0.770. The van der Waals surface area contributed by atoms with Gasteiger partial charge in [-0.1, -0.05) is 34.8 Å². The zero-order chi connectivity index (χ0) is 16.4. The molecule has 0 heterocycles. The van der Waals surface area contributed by atoms with E-state index in [2.05, 4.69) is 5.32 Å². The molecule has 6 nitrogen and oxygen atoms in total. The summed E-state index contributed by atoms with van der Waals surface area (Å²) in [7, 11) is -2.67. The van der Waals surface area contributed by atoms with Gasteiger partial charge in [0.05, 0.1) is 27.2 Å². The summed E-state index contributed by atoms with van der Waals surface area (Å²) in [6, 6.07) is 0.656. The van der Waals surface area contributed by atoms with Crippen molar-refractivity contribution in [2.24, 2.45) is 5.14 Å². The molecule has 21 heavy (non-hydrogen) atoms. The van der Waals surface area contributed by atoms with Crippen LogP contribution in [-0.2, 0) is 14.8 Å². The number of nitrogens with one attached hydrogen (secondary N) is 1. The van der Waals surface area contributed by atoms with Crippen molar-refractivity contribution in [3.05, 3.63) is 26.7 Å². The number of primary sulfonamides is 1. The number of benzene rings is 1. The van der Waals surface area contributed by atoms with E-state index in [1.54, 1.807) is 6.92 Å². The number of sulfonamides is 1. The van der Waals surface area contributed by atoms with E-state index in [0.29, 0.717) is 0 Å². The Morgan fingerprint density at radius 1 is 1.38 bits per heavy atom. The normalized spacial score (nSPS) is 13.0. The molecule has 0 aliphatic rings. The summed E-state index contributed by atoms with van der Waals surface area (Å²) in [6.07, 6.45) is 0. The Balaban J connectivity index is 3.36. The highest BCUT2D eigenvalue weighted by molar-refractivity contribution is 7.89. The number of carbonyl (C=O) groups is 1. The van der Waals surface area contributed by atoms with Crippen LogP contribution < -0.4 is 10.5 Å². The first-order valence-electron chi connectivity index (χ1n) is 5.59. The second-order valence-electron chi connectivity index (χ2n) is 4.23. The van der Waals surface area contributed by atoms with Gasteiger partial charge in [0, 0.05) is 13.2 Å². The minimum absolute atomic E-state index is 0.144. The van der Waals surface area contributed by atoms with Crippen molar-refractivity contribution in [3.63, 3.8) is 0 Å². The first-order valence-corrected chi connectivity index (χ1v) is 8.27. The van der Waals surface area contributed by atoms with Crippen LogP contribution >= 0.6 is 34.8 Å². The van der Waals surface area contributed by atoms with Gasteiger partial charge >= 0.3 is 0 Å². The van der Waals surface area contributed by atoms with Crippen LogP contribution in [0.15, 0.2) is 11.0 Å². The van der Waals surface area contributed by atoms with E-state index in [1.807, 2.05) is 0 Å². The molecule has 0 fully saturated rings. The van der Waals surface area contributed by atoms with Gasteiger partial charge in [0.1, 0.15) is 4.90 Å². The van der Waals surface area contributed by atoms with Crippen LogP contribution in [0.4, 0.5) is 0 Å². The fourth-order valence-electron chi connectivity index (χ4n) is 1.57. The lowest BCUT2D eigenvalue weighted by Gasteiger charge is -2.16. The molecular formula is C11H13Cl3N2O4S. The van der Waals surface area contributed by atoms with Gasteiger partial charge in [-0.3, -0.25) is 4.79 Å². The maximum Gasteiger partial charge on any atom is 0.254 e. The fraction of sp³-hybridized carbons (Fsp3) is 0.364. The lowest BCUT2D eigenvalue weighted by atomic mass is 10.2. The molecule has 0 bridgehead atoms. The van der Waals surface area contributed by atoms with Gasteiger partial charge in [-0.2, -0.15) is 0 Å². The highest BCUT2D eigenvalue weighted by Gasteiger charge is 2.26. The van der Waals surface area contributed by atoms with Crippen molar-refractivity contribution < 1.29 is 17.9 Å². The summed E-state index contributed by atoms with van der Waals surface area (Å²) in [6.45, 7) is 1.94. The minimum atomic E-state index is -4.15. The predicted octanol–water partition coefficient (Wildman–Crippen LogP) is 2.06. The number of halogens is 3. The molecule has 1 amide bonds. The van der Waals surface area contributed by atoms with Crippen LogP contribution in [0.25, 0.3) is 0 Å². The van der Waals surface area contributed by atoms with Crippen LogP contribution in [0.3, 0.4) is 0 Å². The maximum atomic E-state index is 12.2. The molecule has 3 N–H and O–H groups in total. The van der Waals surface area contributed by atoms with E-state index in [9.17, 15) is 13.2 Å². The predicted molar refractivity (Wildman–Crippen MR) is 81.6 cm³/mol. The van der Waals surface area contributed by atoms with Crippen LogP contribution in [0.1, 0.15) is 17.3 Å². The van der Waals surface area contributed by atoms with Gasteiger partial charge in [0.25, 0.3) is 5.91 Å². The Morgan fingerprint density at radius 2 is 1.95 bits per heavy atom. The molecule has 0 radical (unpaired) electrons. The monoisotopic (exact) mass is 374 g/mol. The molecule has 0 aliphatic carbocycles. The molecule has 1 aromatic carbocycles. The number of carbonyl (C=O) groups excluding carboxylic acids is 1. The standard InChI is InChI=1S/C11H13Cl3N2O4S/c1-5(4-20-2)16-11(17)8-9(13)6(12)3-7(10(8)14)21(15,18)19/h3,5H,4H2,1-2H3,(H,16,17)(H2,15,18,19).